The molecule has 2 heterocycles. The number of rotatable bonds is 6. The van der Waals surface area contributed by atoms with Crippen LogP contribution in [0.25, 0.3) is 0 Å². The summed E-state index contributed by atoms with van der Waals surface area (Å²) >= 11 is 1.60. The highest BCUT2D eigenvalue weighted by atomic mass is 32.1. The number of hydrogen-bond donors (Lipinski definition) is 2. The molecule has 2 N–H and O–H groups in total. The van der Waals surface area contributed by atoms with Gasteiger partial charge in [-0.25, -0.2) is 0 Å². The third kappa shape index (κ3) is 4.80. The third-order valence-corrected chi connectivity index (χ3v) is 4.51. The number of ether oxygens (including phenoxy) is 1. The van der Waals surface area contributed by atoms with Gasteiger partial charge in [-0.3, -0.25) is 14.5 Å². The summed E-state index contributed by atoms with van der Waals surface area (Å²) in [5.41, 5.74) is 0. The molecule has 0 saturated carbocycles. The van der Waals surface area contributed by atoms with E-state index in [1.807, 2.05) is 29.3 Å². The molecular weight excluding hydrogens is 292 g/mol. The monoisotopic (exact) mass is 312 g/mol. The van der Waals surface area contributed by atoms with Crippen molar-refractivity contribution in [2.75, 3.05) is 26.3 Å². The van der Waals surface area contributed by atoms with Crippen molar-refractivity contribution in [3.8, 4) is 0 Å². The first-order chi connectivity index (χ1) is 10.1. The molecule has 7 heteroatoms. The molecule has 2 rings (SSSR count). The maximum absolute atomic E-state index is 12.1. The van der Waals surface area contributed by atoms with E-state index < -0.39 is 5.97 Å². The summed E-state index contributed by atoms with van der Waals surface area (Å²) in [4.78, 5) is 25.9. The molecule has 2 unspecified atom stereocenters. The molecule has 1 aromatic rings. The van der Waals surface area contributed by atoms with Gasteiger partial charge in [0.05, 0.1) is 32.2 Å². The van der Waals surface area contributed by atoms with Crippen LogP contribution in [0.2, 0.25) is 0 Å². The van der Waals surface area contributed by atoms with Crippen LogP contribution in [-0.2, 0) is 14.3 Å². The zero-order chi connectivity index (χ0) is 15.2. The molecule has 6 nitrogen and oxygen atoms in total. The van der Waals surface area contributed by atoms with Gasteiger partial charge in [-0.1, -0.05) is 6.07 Å². The highest BCUT2D eigenvalue weighted by Crippen LogP contribution is 2.18. The number of aliphatic carboxylic acids is 1. The van der Waals surface area contributed by atoms with Gasteiger partial charge in [0.25, 0.3) is 0 Å². The lowest BCUT2D eigenvalue weighted by Crippen LogP contribution is -2.50. The smallest absolute Gasteiger partial charge is 0.305 e. The van der Waals surface area contributed by atoms with E-state index in [0.29, 0.717) is 19.8 Å². The molecule has 0 aliphatic carbocycles. The average Bonchev–Trinajstić information content (AvgIpc) is 2.94. The third-order valence-electron chi connectivity index (χ3n) is 3.45. The van der Waals surface area contributed by atoms with Crippen LogP contribution in [0.3, 0.4) is 0 Å². The summed E-state index contributed by atoms with van der Waals surface area (Å²) in [5, 5.41) is 13.8. The number of amides is 1. The minimum Gasteiger partial charge on any atom is -0.481 e. The van der Waals surface area contributed by atoms with E-state index in [4.69, 9.17) is 9.84 Å². The first-order valence-corrected chi connectivity index (χ1v) is 7.80. The molecule has 0 bridgehead atoms. The van der Waals surface area contributed by atoms with Gasteiger partial charge in [-0.05, 0) is 18.4 Å². The first-order valence-electron chi connectivity index (χ1n) is 6.92. The van der Waals surface area contributed by atoms with E-state index in [1.54, 1.807) is 11.3 Å². The van der Waals surface area contributed by atoms with Crippen molar-refractivity contribution in [1.82, 2.24) is 10.2 Å². The van der Waals surface area contributed by atoms with E-state index in [1.165, 1.54) is 0 Å². The summed E-state index contributed by atoms with van der Waals surface area (Å²) in [6.07, 6.45) is -0.00619. The van der Waals surface area contributed by atoms with Gasteiger partial charge in [-0.2, -0.15) is 0 Å². The quantitative estimate of drug-likeness (QED) is 0.822. The Bertz CT molecular complexity index is 477. The van der Waals surface area contributed by atoms with E-state index in [9.17, 15) is 9.59 Å². The Morgan fingerprint density at radius 3 is 3.10 bits per heavy atom. The van der Waals surface area contributed by atoms with Crippen molar-refractivity contribution in [3.63, 3.8) is 0 Å². The Labute approximate surface area is 127 Å². The van der Waals surface area contributed by atoms with Crippen LogP contribution in [0.15, 0.2) is 17.5 Å². The fourth-order valence-corrected chi connectivity index (χ4v) is 3.10. The summed E-state index contributed by atoms with van der Waals surface area (Å²) in [5.74, 6) is -0.962. The number of carbonyl (C=O) groups is 2. The van der Waals surface area contributed by atoms with Crippen LogP contribution in [0.1, 0.15) is 24.3 Å². The molecule has 0 aromatic carbocycles. The van der Waals surface area contributed by atoms with E-state index in [2.05, 4.69) is 5.32 Å². The highest BCUT2D eigenvalue weighted by molar-refractivity contribution is 7.10. The van der Waals surface area contributed by atoms with Crippen molar-refractivity contribution in [2.45, 2.75) is 25.4 Å². The zero-order valence-electron chi connectivity index (χ0n) is 11.9. The molecule has 0 radical (unpaired) electrons. The normalized spacial score (nSPS) is 20.9. The molecule has 1 saturated heterocycles. The fraction of sp³-hybridized carbons (Fsp3) is 0.571. The number of carboxylic acids is 1. The van der Waals surface area contributed by atoms with E-state index >= 15 is 0 Å². The second-order valence-electron chi connectivity index (χ2n) is 5.10. The molecule has 1 fully saturated rings. The maximum atomic E-state index is 12.1. The van der Waals surface area contributed by atoms with Crippen LogP contribution < -0.4 is 5.32 Å². The topological polar surface area (TPSA) is 78.9 Å². The molecule has 21 heavy (non-hydrogen) atoms. The van der Waals surface area contributed by atoms with Crippen LogP contribution in [0.5, 0.6) is 0 Å². The summed E-state index contributed by atoms with van der Waals surface area (Å²) in [7, 11) is 0. The lowest BCUT2D eigenvalue weighted by molar-refractivity contribution is -0.141. The predicted octanol–water partition coefficient (Wildman–Crippen LogP) is 1.10. The Kier molecular flexibility index (Phi) is 5.72. The Morgan fingerprint density at radius 2 is 2.43 bits per heavy atom. The standard InChI is InChI=1S/C14H20N2O4S/c1-10(12-3-2-6-21-12)15-13(17)8-16-4-5-20-9-11(16)7-14(18)19/h2-3,6,10-11H,4-5,7-9H2,1H3,(H,15,17)(H,18,19). The second-order valence-corrected chi connectivity index (χ2v) is 6.08. The number of nitrogens with one attached hydrogen (secondary N) is 1. The largest absolute Gasteiger partial charge is 0.481 e. The van der Waals surface area contributed by atoms with Crippen LogP contribution in [-0.4, -0.2) is 54.2 Å². The van der Waals surface area contributed by atoms with Gasteiger partial charge < -0.3 is 15.2 Å². The van der Waals surface area contributed by atoms with Crippen molar-refractivity contribution in [3.05, 3.63) is 22.4 Å². The minimum atomic E-state index is -0.872. The maximum Gasteiger partial charge on any atom is 0.305 e. The highest BCUT2D eigenvalue weighted by Gasteiger charge is 2.27. The molecule has 116 valence electrons. The zero-order valence-corrected chi connectivity index (χ0v) is 12.8. The molecule has 1 amide bonds. The van der Waals surface area contributed by atoms with Crippen molar-refractivity contribution in [2.24, 2.45) is 0 Å². The fourth-order valence-electron chi connectivity index (χ4n) is 2.37. The number of carboxylic acid groups (broad SMARTS) is 1. The summed E-state index contributed by atoms with van der Waals surface area (Å²) in [6.45, 7) is 3.62. The van der Waals surface area contributed by atoms with Gasteiger partial charge in [0.1, 0.15) is 0 Å². The Hall–Kier alpha value is -1.44. The Morgan fingerprint density at radius 1 is 1.62 bits per heavy atom. The molecule has 1 aliphatic heterocycles. The summed E-state index contributed by atoms with van der Waals surface area (Å²) < 4.78 is 5.30. The van der Waals surface area contributed by atoms with Crippen molar-refractivity contribution in [1.29, 1.82) is 0 Å². The predicted molar refractivity (Wildman–Crippen MR) is 79.3 cm³/mol. The Balaban J connectivity index is 1.86. The number of thiophene rings is 1. The van der Waals surface area contributed by atoms with Gasteiger partial charge in [0, 0.05) is 17.5 Å². The van der Waals surface area contributed by atoms with E-state index in [-0.39, 0.29) is 31.0 Å². The van der Waals surface area contributed by atoms with Gasteiger partial charge in [0.15, 0.2) is 0 Å². The van der Waals surface area contributed by atoms with Gasteiger partial charge in [0.2, 0.25) is 5.91 Å². The number of nitrogens with zero attached hydrogens (tertiary/aromatic N) is 1. The number of carbonyl (C=O) groups excluding carboxylic acids is 1. The SMILES string of the molecule is CC(NC(=O)CN1CCOCC1CC(=O)O)c1cccs1. The molecular formula is C14H20N2O4S. The lowest BCUT2D eigenvalue weighted by Gasteiger charge is -2.34. The van der Waals surface area contributed by atoms with Crippen LogP contribution in [0, 0.1) is 0 Å². The molecule has 2 atom stereocenters. The van der Waals surface area contributed by atoms with E-state index in [0.717, 1.165) is 4.88 Å². The van der Waals surface area contributed by atoms with Crippen LogP contribution in [0.4, 0.5) is 0 Å². The van der Waals surface area contributed by atoms with Crippen molar-refractivity contribution < 1.29 is 19.4 Å². The lowest BCUT2D eigenvalue weighted by atomic mass is 10.1. The van der Waals surface area contributed by atoms with Gasteiger partial charge in [-0.15, -0.1) is 11.3 Å². The molecule has 1 aliphatic rings. The van der Waals surface area contributed by atoms with Crippen molar-refractivity contribution >= 4 is 23.2 Å². The second kappa shape index (κ2) is 7.53. The average molecular weight is 312 g/mol. The number of hydrogen-bond acceptors (Lipinski definition) is 5. The van der Waals surface area contributed by atoms with Gasteiger partial charge >= 0.3 is 5.97 Å². The summed E-state index contributed by atoms with van der Waals surface area (Å²) in [6, 6.07) is 3.67. The number of morpholine rings is 1. The van der Waals surface area contributed by atoms with Crippen LogP contribution >= 0.6 is 11.3 Å². The minimum absolute atomic E-state index is 0.00619. The first kappa shape index (κ1) is 15.9. The molecule has 1 aromatic heterocycles. The molecule has 0 spiro atoms.